The second-order valence-electron chi connectivity index (χ2n) is 8.78. The van der Waals surface area contributed by atoms with Crippen LogP contribution in [-0.2, 0) is 23.9 Å². The average molecular weight is 532 g/mol. The Morgan fingerprint density at radius 3 is 2.34 bits per heavy atom. The summed E-state index contributed by atoms with van der Waals surface area (Å²) < 4.78 is 9.80. The topological polar surface area (TPSA) is 72.9 Å². The molecule has 3 heterocycles. The number of amides is 1. The summed E-state index contributed by atoms with van der Waals surface area (Å²) in [5.41, 5.74) is 3.49. The number of hydrogen-bond donors (Lipinski definition) is 0. The van der Waals surface area contributed by atoms with E-state index in [9.17, 15) is 14.4 Å². The Morgan fingerprint density at radius 1 is 1.00 bits per heavy atom. The largest absolute Gasteiger partial charge is 0.463 e. The summed E-state index contributed by atoms with van der Waals surface area (Å²) in [4.78, 5) is 42.5. The minimum absolute atomic E-state index is 0.0264. The number of thioether (sulfide) groups is 3. The summed E-state index contributed by atoms with van der Waals surface area (Å²) in [6.45, 7) is 12.0. The van der Waals surface area contributed by atoms with E-state index >= 15 is 0 Å². The van der Waals surface area contributed by atoms with E-state index < -0.39 is 21.6 Å². The molecule has 0 unspecified atom stereocenters. The van der Waals surface area contributed by atoms with Crippen LogP contribution in [0.25, 0.3) is 5.57 Å². The molecule has 0 radical (unpaired) electrons. The van der Waals surface area contributed by atoms with E-state index in [1.807, 2.05) is 50.1 Å². The normalized spacial score (nSPS) is 22.3. The van der Waals surface area contributed by atoms with E-state index in [0.29, 0.717) is 16.9 Å². The van der Waals surface area contributed by atoms with Crippen molar-refractivity contribution in [2.45, 2.75) is 57.6 Å². The van der Waals surface area contributed by atoms with Crippen LogP contribution in [0.2, 0.25) is 0 Å². The Labute approximate surface area is 218 Å². The van der Waals surface area contributed by atoms with Crippen LogP contribution in [0.4, 0.5) is 5.69 Å². The molecular weight excluding hydrogens is 502 g/mol. The third-order valence-electron chi connectivity index (χ3n) is 6.09. The van der Waals surface area contributed by atoms with Gasteiger partial charge in [0.15, 0.2) is 0 Å². The first kappa shape index (κ1) is 26.0. The fourth-order valence-corrected chi connectivity index (χ4v) is 9.07. The lowest BCUT2D eigenvalue weighted by Gasteiger charge is -2.50. The van der Waals surface area contributed by atoms with Crippen molar-refractivity contribution in [3.63, 3.8) is 0 Å². The van der Waals surface area contributed by atoms with E-state index in [-0.39, 0.29) is 19.1 Å². The highest BCUT2D eigenvalue weighted by atomic mass is 32.2. The van der Waals surface area contributed by atoms with Crippen molar-refractivity contribution in [2.75, 3.05) is 18.1 Å². The zero-order valence-corrected chi connectivity index (χ0v) is 23.2. The Morgan fingerprint density at radius 2 is 1.69 bits per heavy atom. The van der Waals surface area contributed by atoms with Crippen LogP contribution in [0.5, 0.6) is 0 Å². The summed E-state index contributed by atoms with van der Waals surface area (Å²) in [6.07, 6.45) is 0.372. The van der Waals surface area contributed by atoms with Gasteiger partial charge in [-0.25, -0.2) is 9.59 Å². The molecule has 6 nitrogen and oxygen atoms in total. The molecule has 3 aliphatic rings. The number of aryl methyl sites for hydroxylation is 1. The van der Waals surface area contributed by atoms with Crippen molar-refractivity contribution < 1.29 is 23.9 Å². The van der Waals surface area contributed by atoms with Gasteiger partial charge in [-0.15, -0.1) is 11.8 Å². The first-order valence-corrected chi connectivity index (χ1v) is 14.2. The molecule has 0 saturated heterocycles. The van der Waals surface area contributed by atoms with Crippen molar-refractivity contribution in [1.29, 1.82) is 0 Å². The predicted octanol–water partition coefficient (Wildman–Crippen LogP) is 6.02. The molecule has 4 rings (SSSR count). The highest BCUT2D eigenvalue weighted by Gasteiger charge is 2.56. The van der Waals surface area contributed by atoms with Crippen molar-refractivity contribution in [2.24, 2.45) is 0 Å². The van der Waals surface area contributed by atoms with Gasteiger partial charge >= 0.3 is 11.9 Å². The number of esters is 2. The average Bonchev–Trinajstić information content (AvgIpc) is 3.24. The smallest absolute Gasteiger partial charge is 0.345 e. The molecule has 1 aromatic rings. The zero-order valence-electron chi connectivity index (χ0n) is 20.7. The highest BCUT2D eigenvalue weighted by molar-refractivity contribution is 8.25. The van der Waals surface area contributed by atoms with Gasteiger partial charge in [0.1, 0.15) is 8.98 Å². The van der Waals surface area contributed by atoms with Gasteiger partial charge in [-0.05, 0) is 57.6 Å². The number of benzene rings is 1. The first-order chi connectivity index (χ1) is 16.6. The lowest BCUT2D eigenvalue weighted by molar-refractivity contribution is -0.139. The number of rotatable bonds is 5. The van der Waals surface area contributed by atoms with Gasteiger partial charge in [-0.2, -0.15) is 0 Å². The van der Waals surface area contributed by atoms with Crippen LogP contribution >= 0.6 is 35.3 Å². The highest BCUT2D eigenvalue weighted by Crippen LogP contribution is 2.68. The Kier molecular flexibility index (Phi) is 7.23. The van der Waals surface area contributed by atoms with E-state index in [1.54, 1.807) is 19.3 Å². The third kappa shape index (κ3) is 4.15. The minimum Gasteiger partial charge on any atom is -0.463 e. The number of ether oxygens (including phenoxy) is 2. The maximum Gasteiger partial charge on any atom is 0.345 e. The Balaban J connectivity index is 1.97. The van der Waals surface area contributed by atoms with Gasteiger partial charge in [0.05, 0.1) is 30.0 Å². The lowest BCUT2D eigenvalue weighted by Crippen LogP contribution is -2.53. The van der Waals surface area contributed by atoms with Gasteiger partial charge in [0.2, 0.25) is 5.91 Å². The maximum absolute atomic E-state index is 13.2. The van der Waals surface area contributed by atoms with Gasteiger partial charge in [-0.1, -0.05) is 42.1 Å². The van der Waals surface area contributed by atoms with E-state index in [4.69, 9.17) is 9.47 Å². The van der Waals surface area contributed by atoms with Crippen LogP contribution in [0.15, 0.2) is 44.4 Å². The van der Waals surface area contributed by atoms with Crippen molar-refractivity contribution >= 4 is 64.4 Å². The van der Waals surface area contributed by atoms with Crippen molar-refractivity contribution in [3.8, 4) is 0 Å². The predicted molar refractivity (Wildman–Crippen MR) is 145 cm³/mol. The van der Waals surface area contributed by atoms with Gasteiger partial charge in [0, 0.05) is 22.5 Å². The van der Waals surface area contributed by atoms with E-state index in [0.717, 1.165) is 27.3 Å². The van der Waals surface area contributed by atoms with Crippen molar-refractivity contribution in [1.82, 2.24) is 0 Å². The number of fused-ring (bicyclic) bond motifs is 3. The molecule has 186 valence electrons. The second kappa shape index (κ2) is 9.75. The summed E-state index contributed by atoms with van der Waals surface area (Å²) in [5.74, 6) is -0.796. The molecule has 0 aromatic heterocycles. The molecule has 9 heteroatoms. The van der Waals surface area contributed by atoms with E-state index in [2.05, 4.69) is 6.07 Å². The van der Waals surface area contributed by atoms with Crippen LogP contribution in [-0.4, -0.2) is 40.7 Å². The summed E-state index contributed by atoms with van der Waals surface area (Å²) in [6, 6.07) is 6.04. The monoisotopic (exact) mass is 531 g/mol. The molecule has 1 spiro atoms. The van der Waals surface area contributed by atoms with Crippen LogP contribution in [0.1, 0.15) is 52.2 Å². The molecule has 35 heavy (non-hydrogen) atoms. The van der Waals surface area contributed by atoms with E-state index in [1.165, 1.54) is 35.3 Å². The first-order valence-electron chi connectivity index (χ1n) is 11.6. The lowest BCUT2D eigenvalue weighted by atomic mass is 9.83. The zero-order chi connectivity index (χ0) is 25.5. The molecule has 0 aliphatic carbocycles. The molecule has 0 fully saturated rings. The second-order valence-corrected chi connectivity index (χ2v) is 12.3. The number of carbonyl (C=O) groups is 3. The maximum atomic E-state index is 13.2. The molecule has 0 N–H and O–H groups in total. The SMILES string of the molecule is CCOC(=O)C1=CS[C@@]2(S1)C(C(=O)OCC)=CSC1=C2c2cc(C)ccc2N(C(=O)CC)C1(C)C. The Hall–Kier alpha value is -2.10. The summed E-state index contributed by atoms with van der Waals surface area (Å²) >= 11 is 4.19. The van der Waals surface area contributed by atoms with Crippen LogP contribution < -0.4 is 4.90 Å². The number of nitrogens with zero attached hydrogens (tertiary/aromatic N) is 1. The molecule has 3 aliphatic heterocycles. The summed E-state index contributed by atoms with van der Waals surface area (Å²) in [5, 5.41) is 3.61. The fraction of sp³-hybridized carbons (Fsp3) is 0.423. The number of hydrogen-bond acceptors (Lipinski definition) is 8. The van der Waals surface area contributed by atoms with Gasteiger partial charge in [0.25, 0.3) is 0 Å². The van der Waals surface area contributed by atoms with Crippen LogP contribution in [0, 0.1) is 6.92 Å². The molecule has 1 aromatic carbocycles. The Bertz CT molecular complexity index is 1200. The molecule has 1 amide bonds. The standard InChI is InChI=1S/C26H29NO5S3/c1-7-20(28)27-18-11-10-15(4)12-16(18)21-22(25(27,5)6)33-13-17(23(29)31-8-2)26(21)34-14-19(35-26)24(30)32-9-3/h10-14H,7-9H2,1-6H3/t26-/m1/s1. The molecule has 0 bridgehead atoms. The number of carbonyl (C=O) groups excluding carboxylic acids is 3. The molecule has 1 atom stereocenters. The quantitative estimate of drug-likeness (QED) is 0.428. The fourth-order valence-electron chi connectivity index (χ4n) is 4.59. The van der Waals surface area contributed by atoms with Crippen LogP contribution in [0.3, 0.4) is 0 Å². The van der Waals surface area contributed by atoms with Gasteiger partial charge in [-0.3, -0.25) is 4.79 Å². The summed E-state index contributed by atoms with van der Waals surface area (Å²) in [7, 11) is 0. The third-order valence-corrected chi connectivity index (χ3v) is 10.4. The minimum atomic E-state index is -0.934. The van der Waals surface area contributed by atoms with Gasteiger partial charge < -0.3 is 14.4 Å². The molecule has 0 saturated carbocycles. The molecular formula is C26H29NO5S3. The van der Waals surface area contributed by atoms with Crippen molar-refractivity contribution in [3.05, 3.63) is 55.5 Å². The number of anilines is 1.